The second-order valence-corrected chi connectivity index (χ2v) is 8.21. The van der Waals surface area contributed by atoms with Crippen molar-refractivity contribution < 1.29 is 0 Å². The quantitative estimate of drug-likeness (QED) is 0.657. The Morgan fingerprint density at radius 1 is 1.00 bits per heavy atom. The maximum absolute atomic E-state index is 4.21. The van der Waals surface area contributed by atoms with Gasteiger partial charge in [-0.25, -0.2) is 0 Å². The summed E-state index contributed by atoms with van der Waals surface area (Å²) in [6, 6.07) is 2.49. The summed E-state index contributed by atoms with van der Waals surface area (Å²) in [4.78, 5) is 0. The van der Waals surface area contributed by atoms with Crippen molar-refractivity contribution in [3.8, 4) is 0 Å². The molecular formula is C23H31N. The van der Waals surface area contributed by atoms with Gasteiger partial charge in [-0.1, -0.05) is 45.6 Å². The summed E-state index contributed by atoms with van der Waals surface area (Å²) in [5.41, 5.74) is 10.2. The van der Waals surface area contributed by atoms with Crippen LogP contribution in [0, 0.1) is 5.41 Å². The molecule has 3 rings (SSSR count). The van der Waals surface area contributed by atoms with Crippen molar-refractivity contribution >= 4 is 5.69 Å². The molecular weight excluding hydrogens is 290 g/mol. The Balaban J connectivity index is 1.88. The molecule has 1 aromatic rings. The van der Waals surface area contributed by atoms with Crippen LogP contribution < -0.4 is 5.32 Å². The molecule has 2 aliphatic rings. The molecule has 0 aromatic heterocycles. The highest BCUT2D eigenvalue weighted by atomic mass is 14.9. The van der Waals surface area contributed by atoms with Crippen molar-refractivity contribution in [1.82, 2.24) is 0 Å². The number of aryl methyl sites for hydroxylation is 2. The number of hydrogen-bond acceptors (Lipinski definition) is 1. The zero-order valence-electron chi connectivity index (χ0n) is 15.8. The van der Waals surface area contributed by atoms with Gasteiger partial charge in [0, 0.05) is 11.4 Å². The molecule has 0 atom stereocenters. The van der Waals surface area contributed by atoms with Crippen LogP contribution >= 0.6 is 0 Å². The Bertz CT molecular complexity index is 678. The van der Waals surface area contributed by atoms with Crippen LogP contribution in [0.15, 0.2) is 42.1 Å². The highest BCUT2D eigenvalue weighted by molar-refractivity contribution is 5.68. The van der Waals surface area contributed by atoms with Crippen LogP contribution in [-0.2, 0) is 25.7 Å². The second kappa shape index (κ2) is 6.63. The second-order valence-electron chi connectivity index (χ2n) is 8.21. The van der Waals surface area contributed by atoms with Crippen molar-refractivity contribution in [2.45, 2.75) is 66.2 Å². The van der Waals surface area contributed by atoms with Crippen LogP contribution in [0.25, 0.3) is 0 Å². The summed E-state index contributed by atoms with van der Waals surface area (Å²) in [6.07, 6.45) is 14.1. The molecule has 0 unspecified atom stereocenters. The smallest absolute Gasteiger partial charge is 0.0454 e. The van der Waals surface area contributed by atoms with Gasteiger partial charge in [0.05, 0.1) is 0 Å². The van der Waals surface area contributed by atoms with Gasteiger partial charge in [0.1, 0.15) is 0 Å². The van der Waals surface area contributed by atoms with Crippen LogP contribution in [0.2, 0.25) is 0 Å². The third-order valence-corrected chi connectivity index (χ3v) is 5.48. The lowest BCUT2D eigenvalue weighted by atomic mass is 9.87. The molecule has 1 heteroatoms. The molecule has 1 N–H and O–H groups in total. The molecule has 0 spiro atoms. The first-order valence-corrected chi connectivity index (χ1v) is 9.37. The molecule has 24 heavy (non-hydrogen) atoms. The first-order chi connectivity index (χ1) is 11.4. The summed E-state index contributed by atoms with van der Waals surface area (Å²) < 4.78 is 0. The molecule has 1 nitrogen and oxygen atoms in total. The number of hydrogen-bond donors (Lipinski definition) is 1. The SMILES string of the molecule is C=C(/C=C\C(=C/C)Nc1c2c(cc3c1CCC3)CCC2)C(C)(C)C. The van der Waals surface area contributed by atoms with Gasteiger partial charge in [0.15, 0.2) is 0 Å². The van der Waals surface area contributed by atoms with Gasteiger partial charge in [-0.15, -0.1) is 0 Å². The molecule has 1 aromatic carbocycles. The minimum Gasteiger partial charge on any atom is -0.355 e. The van der Waals surface area contributed by atoms with E-state index in [-0.39, 0.29) is 5.41 Å². The summed E-state index contributed by atoms with van der Waals surface area (Å²) in [5, 5.41) is 3.77. The van der Waals surface area contributed by atoms with Crippen molar-refractivity contribution in [3.63, 3.8) is 0 Å². The Labute approximate surface area is 147 Å². The van der Waals surface area contributed by atoms with E-state index < -0.39 is 0 Å². The molecule has 0 aliphatic heterocycles. The molecule has 0 saturated carbocycles. The zero-order valence-corrected chi connectivity index (χ0v) is 15.8. The van der Waals surface area contributed by atoms with E-state index in [0.717, 1.165) is 5.57 Å². The van der Waals surface area contributed by atoms with E-state index in [2.05, 4.69) is 63.9 Å². The van der Waals surface area contributed by atoms with E-state index in [4.69, 9.17) is 0 Å². The van der Waals surface area contributed by atoms with Gasteiger partial charge in [0.2, 0.25) is 0 Å². The molecule has 128 valence electrons. The average molecular weight is 322 g/mol. The summed E-state index contributed by atoms with van der Waals surface area (Å²) in [6.45, 7) is 12.9. The topological polar surface area (TPSA) is 12.0 Å². The molecule has 0 fully saturated rings. The van der Waals surface area contributed by atoms with Gasteiger partial charge in [-0.3, -0.25) is 0 Å². The fourth-order valence-electron chi connectivity index (χ4n) is 3.76. The van der Waals surface area contributed by atoms with Crippen LogP contribution in [0.4, 0.5) is 5.69 Å². The maximum atomic E-state index is 4.21. The number of rotatable bonds is 4. The van der Waals surface area contributed by atoms with Crippen LogP contribution in [-0.4, -0.2) is 0 Å². The Morgan fingerprint density at radius 3 is 2.08 bits per heavy atom. The number of benzene rings is 1. The number of nitrogens with one attached hydrogen (secondary N) is 1. The predicted octanol–water partition coefficient (Wildman–Crippen LogP) is 6.14. The molecule has 0 amide bonds. The minimum absolute atomic E-state index is 0.116. The molecule has 0 heterocycles. The third kappa shape index (κ3) is 3.36. The standard InChI is InChI=1S/C23H31N/c1-6-19(14-13-16(2)23(3,4)5)24-22-20-11-7-9-17(20)15-18-10-8-12-21(18)22/h6,13-15,24H,2,7-12H2,1,3-5H3/b14-13-,19-6+. The molecule has 0 radical (unpaired) electrons. The largest absolute Gasteiger partial charge is 0.355 e. The lowest BCUT2D eigenvalue weighted by Gasteiger charge is -2.20. The number of fused-ring (bicyclic) bond motifs is 2. The van der Waals surface area contributed by atoms with E-state index in [1.54, 1.807) is 22.3 Å². The first kappa shape index (κ1) is 17.1. The Kier molecular flexibility index (Phi) is 4.71. The maximum Gasteiger partial charge on any atom is 0.0454 e. The summed E-state index contributed by atoms with van der Waals surface area (Å²) >= 11 is 0. The fourth-order valence-corrected chi connectivity index (χ4v) is 3.76. The van der Waals surface area contributed by atoms with Gasteiger partial charge in [-0.05, 0) is 84.8 Å². The van der Waals surface area contributed by atoms with Crippen molar-refractivity contribution in [2.75, 3.05) is 5.32 Å². The van der Waals surface area contributed by atoms with Gasteiger partial charge < -0.3 is 5.32 Å². The van der Waals surface area contributed by atoms with Crippen molar-refractivity contribution in [3.05, 3.63) is 64.4 Å². The van der Waals surface area contributed by atoms with E-state index in [0.29, 0.717) is 0 Å². The van der Waals surface area contributed by atoms with Crippen LogP contribution in [0.3, 0.4) is 0 Å². The zero-order chi connectivity index (χ0) is 17.3. The van der Waals surface area contributed by atoms with E-state index in [1.165, 1.54) is 49.9 Å². The lowest BCUT2D eigenvalue weighted by molar-refractivity contribution is 0.519. The van der Waals surface area contributed by atoms with E-state index >= 15 is 0 Å². The normalized spacial score (nSPS) is 17.2. The van der Waals surface area contributed by atoms with Gasteiger partial charge >= 0.3 is 0 Å². The van der Waals surface area contributed by atoms with Gasteiger partial charge in [-0.2, -0.15) is 0 Å². The Hall–Kier alpha value is -1.76. The van der Waals surface area contributed by atoms with Crippen molar-refractivity contribution in [2.24, 2.45) is 5.41 Å². The van der Waals surface area contributed by atoms with E-state index in [9.17, 15) is 0 Å². The number of anilines is 1. The monoisotopic (exact) mass is 321 g/mol. The van der Waals surface area contributed by atoms with Crippen LogP contribution in [0.1, 0.15) is 62.8 Å². The predicted molar refractivity (Wildman–Crippen MR) is 106 cm³/mol. The van der Waals surface area contributed by atoms with E-state index in [1.807, 2.05) is 0 Å². The molecule has 2 aliphatic carbocycles. The fraction of sp³-hybridized carbons (Fsp3) is 0.478. The third-order valence-electron chi connectivity index (χ3n) is 5.48. The highest BCUT2D eigenvalue weighted by Gasteiger charge is 2.24. The average Bonchev–Trinajstić information content (AvgIpc) is 3.17. The van der Waals surface area contributed by atoms with Crippen molar-refractivity contribution in [1.29, 1.82) is 0 Å². The summed E-state index contributed by atoms with van der Waals surface area (Å²) in [5.74, 6) is 0. The first-order valence-electron chi connectivity index (χ1n) is 9.37. The summed E-state index contributed by atoms with van der Waals surface area (Å²) in [7, 11) is 0. The highest BCUT2D eigenvalue weighted by Crippen LogP contribution is 2.39. The molecule has 0 saturated heterocycles. The lowest BCUT2D eigenvalue weighted by Crippen LogP contribution is -2.07. The Morgan fingerprint density at radius 2 is 1.58 bits per heavy atom. The van der Waals surface area contributed by atoms with Gasteiger partial charge in [0.25, 0.3) is 0 Å². The molecule has 0 bridgehead atoms. The van der Waals surface area contributed by atoms with Crippen LogP contribution in [0.5, 0.6) is 0 Å². The minimum atomic E-state index is 0.116. The number of allylic oxidation sites excluding steroid dienone is 4.